The maximum Gasteiger partial charge on any atom is 0.119 e. The molecular weight excluding hydrogens is 411 g/mol. The van der Waals surface area contributed by atoms with Crippen LogP contribution in [0.1, 0.15) is 30.5 Å². The van der Waals surface area contributed by atoms with Gasteiger partial charge in [0.1, 0.15) is 5.75 Å². The van der Waals surface area contributed by atoms with Crippen LogP contribution in [0, 0.1) is 10.5 Å². The minimum absolute atomic E-state index is 0.293. The Kier molecular flexibility index (Phi) is 6.31. The fraction of sp³-hybridized carbons (Fsp3) is 0.400. The Hall–Kier alpha value is -0.813. The third kappa shape index (κ3) is 5.35. The van der Waals surface area contributed by atoms with E-state index in [2.05, 4.69) is 98.9 Å². The maximum atomic E-state index is 6.00. The molecule has 0 aromatic heterocycles. The highest BCUT2D eigenvalue weighted by molar-refractivity contribution is 14.1. The SMILES string of the molecule is Cc1ccc(I)cc1Cc1ccc(OCC(C)(C)[Si](C)C)cc1. The molecule has 123 valence electrons. The molecule has 0 saturated carbocycles. The molecule has 0 saturated heterocycles. The molecule has 0 aliphatic carbocycles. The van der Waals surface area contributed by atoms with Crippen LogP contribution in [0.25, 0.3) is 0 Å². The van der Waals surface area contributed by atoms with Crippen molar-refractivity contribution >= 4 is 31.4 Å². The summed E-state index contributed by atoms with van der Waals surface area (Å²) in [4.78, 5) is 0. The van der Waals surface area contributed by atoms with Crippen LogP contribution in [0.15, 0.2) is 42.5 Å². The van der Waals surface area contributed by atoms with E-state index in [1.807, 2.05) is 0 Å². The first-order valence-electron chi connectivity index (χ1n) is 8.05. The second-order valence-corrected chi connectivity index (χ2v) is 11.7. The van der Waals surface area contributed by atoms with E-state index >= 15 is 0 Å². The summed E-state index contributed by atoms with van der Waals surface area (Å²) in [6.45, 7) is 12.3. The van der Waals surface area contributed by atoms with Crippen molar-refractivity contribution < 1.29 is 4.74 Å². The molecule has 0 aliphatic rings. The van der Waals surface area contributed by atoms with E-state index in [9.17, 15) is 0 Å². The van der Waals surface area contributed by atoms with E-state index in [1.54, 1.807) is 0 Å². The summed E-state index contributed by atoms with van der Waals surface area (Å²) in [7, 11) is -0.363. The molecule has 0 fully saturated rings. The lowest BCUT2D eigenvalue weighted by atomic mass is 10.0. The molecule has 0 atom stereocenters. The van der Waals surface area contributed by atoms with Crippen LogP contribution in [0.5, 0.6) is 5.75 Å². The predicted octanol–water partition coefficient (Wildman–Crippen LogP) is 6.10. The second kappa shape index (κ2) is 7.84. The Labute approximate surface area is 156 Å². The number of rotatable bonds is 6. The summed E-state index contributed by atoms with van der Waals surface area (Å²) in [5.74, 6) is 0.976. The van der Waals surface area contributed by atoms with Crippen LogP contribution in [0.2, 0.25) is 18.1 Å². The smallest absolute Gasteiger partial charge is 0.119 e. The number of halogens is 1. The molecule has 2 aromatic carbocycles. The molecule has 0 unspecified atom stereocenters. The molecule has 23 heavy (non-hydrogen) atoms. The van der Waals surface area contributed by atoms with Crippen LogP contribution in [0.4, 0.5) is 0 Å². The minimum atomic E-state index is -0.363. The Balaban J connectivity index is 2.01. The zero-order valence-corrected chi connectivity index (χ0v) is 17.9. The van der Waals surface area contributed by atoms with Gasteiger partial charge in [-0.2, -0.15) is 0 Å². The van der Waals surface area contributed by atoms with Gasteiger partial charge in [0.25, 0.3) is 0 Å². The number of hydrogen-bond donors (Lipinski definition) is 0. The standard InChI is InChI=1S/C20H26IOSi/c1-15-6-9-18(21)13-17(15)12-16-7-10-19(11-8-16)22-14-20(2,3)23(4)5/h6-11,13H,12,14H2,1-5H3. The normalized spacial score (nSPS) is 11.8. The van der Waals surface area contributed by atoms with E-state index in [-0.39, 0.29) is 8.80 Å². The molecule has 1 nitrogen and oxygen atoms in total. The van der Waals surface area contributed by atoms with Crippen LogP contribution < -0.4 is 4.74 Å². The van der Waals surface area contributed by atoms with Gasteiger partial charge in [0.2, 0.25) is 0 Å². The highest BCUT2D eigenvalue weighted by Crippen LogP contribution is 2.29. The van der Waals surface area contributed by atoms with Gasteiger partial charge < -0.3 is 4.74 Å². The molecule has 0 spiro atoms. The van der Waals surface area contributed by atoms with Gasteiger partial charge in [0.05, 0.1) is 15.4 Å². The number of hydrogen-bond acceptors (Lipinski definition) is 1. The number of aryl methyl sites for hydroxylation is 1. The van der Waals surface area contributed by atoms with Crippen molar-refractivity contribution in [3.8, 4) is 5.75 Å². The maximum absolute atomic E-state index is 6.00. The Morgan fingerprint density at radius 1 is 1.04 bits per heavy atom. The van der Waals surface area contributed by atoms with Crippen molar-refractivity contribution in [2.24, 2.45) is 0 Å². The molecule has 0 bridgehead atoms. The highest BCUT2D eigenvalue weighted by atomic mass is 127. The van der Waals surface area contributed by atoms with Gasteiger partial charge in [0.15, 0.2) is 0 Å². The monoisotopic (exact) mass is 437 g/mol. The Bertz CT molecular complexity index is 647. The average molecular weight is 437 g/mol. The number of benzene rings is 2. The van der Waals surface area contributed by atoms with Gasteiger partial charge in [-0.1, -0.05) is 45.1 Å². The first-order chi connectivity index (χ1) is 10.8. The van der Waals surface area contributed by atoms with Crippen molar-refractivity contribution in [1.29, 1.82) is 0 Å². The summed E-state index contributed by atoms with van der Waals surface area (Å²) in [6, 6.07) is 15.2. The number of ether oxygens (including phenoxy) is 1. The molecule has 3 heteroatoms. The summed E-state index contributed by atoms with van der Waals surface area (Å²) in [5, 5.41) is 0.293. The quantitative estimate of drug-likeness (QED) is 0.392. The van der Waals surface area contributed by atoms with Crippen LogP contribution in [0.3, 0.4) is 0 Å². The summed E-state index contributed by atoms with van der Waals surface area (Å²) < 4.78 is 7.30. The van der Waals surface area contributed by atoms with Crippen LogP contribution in [-0.2, 0) is 6.42 Å². The Morgan fingerprint density at radius 3 is 2.30 bits per heavy atom. The lowest BCUT2D eigenvalue weighted by Gasteiger charge is -2.27. The van der Waals surface area contributed by atoms with Crippen molar-refractivity contribution in [3.05, 3.63) is 62.7 Å². The first kappa shape index (κ1) is 18.5. The molecule has 0 heterocycles. The second-order valence-electron chi connectivity index (χ2n) is 7.06. The van der Waals surface area contributed by atoms with Crippen LogP contribution in [-0.4, -0.2) is 15.4 Å². The first-order valence-corrected chi connectivity index (χ1v) is 11.6. The molecule has 0 amide bonds. The van der Waals surface area contributed by atoms with E-state index in [1.165, 1.54) is 20.3 Å². The van der Waals surface area contributed by atoms with E-state index in [0.29, 0.717) is 5.04 Å². The van der Waals surface area contributed by atoms with Crippen molar-refractivity contribution in [3.63, 3.8) is 0 Å². The van der Waals surface area contributed by atoms with Crippen molar-refractivity contribution in [2.75, 3.05) is 6.61 Å². The molecule has 0 aliphatic heterocycles. The van der Waals surface area contributed by atoms with Gasteiger partial charge in [0, 0.05) is 3.57 Å². The van der Waals surface area contributed by atoms with E-state index in [4.69, 9.17) is 4.74 Å². The fourth-order valence-corrected chi connectivity index (χ4v) is 3.08. The fourth-order valence-electron chi connectivity index (χ4n) is 2.16. The molecular formula is C20H26IOSi. The van der Waals surface area contributed by atoms with Crippen molar-refractivity contribution in [1.82, 2.24) is 0 Å². The van der Waals surface area contributed by atoms with Gasteiger partial charge in [-0.25, -0.2) is 0 Å². The summed E-state index contributed by atoms with van der Waals surface area (Å²) in [6.07, 6.45) is 0.978. The van der Waals surface area contributed by atoms with Gasteiger partial charge in [-0.15, -0.1) is 0 Å². The highest BCUT2D eigenvalue weighted by Gasteiger charge is 2.24. The zero-order valence-electron chi connectivity index (χ0n) is 14.7. The molecule has 0 N–H and O–H groups in total. The molecule has 2 aromatic rings. The third-order valence-corrected chi connectivity index (χ3v) is 8.10. The largest absolute Gasteiger partial charge is 0.493 e. The lowest BCUT2D eigenvalue weighted by Crippen LogP contribution is -2.27. The van der Waals surface area contributed by atoms with Crippen LogP contribution >= 0.6 is 22.6 Å². The minimum Gasteiger partial charge on any atom is -0.493 e. The van der Waals surface area contributed by atoms with Gasteiger partial charge in [-0.3, -0.25) is 0 Å². The topological polar surface area (TPSA) is 9.23 Å². The predicted molar refractivity (Wildman–Crippen MR) is 110 cm³/mol. The molecule has 1 radical (unpaired) electrons. The van der Waals surface area contributed by atoms with Crippen molar-refractivity contribution in [2.45, 2.75) is 45.3 Å². The zero-order chi connectivity index (χ0) is 17.0. The molecule has 2 rings (SSSR count). The van der Waals surface area contributed by atoms with Gasteiger partial charge in [-0.05, 0) is 81.9 Å². The van der Waals surface area contributed by atoms with E-state index in [0.717, 1.165) is 18.8 Å². The van der Waals surface area contributed by atoms with Gasteiger partial charge >= 0.3 is 0 Å². The van der Waals surface area contributed by atoms with E-state index < -0.39 is 0 Å². The summed E-state index contributed by atoms with van der Waals surface area (Å²) >= 11 is 2.38. The Morgan fingerprint density at radius 2 is 1.70 bits per heavy atom. The third-order valence-electron chi connectivity index (χ3n) is 4.58. The lowest BCUT2D eigenvalue weighted by molar-refractivity contribution is 0.276. The average Bonchev–Trinajstić information content (AvgIpc) is 2.50. The summed E-state index contributed by atoms with van der Waals surface area (Å²) in [5.41, 5.74) is 4.08.